The molecule has 1 N–H and O–H groups in total. The number of fused-ring (bicyclic) bond motifs is 2. The zero-order valence-corrected chi connectivity index (χ0v) is 16.6. The van der Waals surface area contributed by atoms with E-state index in [1.54, 1.807) is 35.6 Å². The van der Waals surface area contributed by atoms with Crippen molar-refractivity contribution in [3.05, 3.63) is 70.9 Å². The molecule has 1 saturated heterocycles. The summed E-state index contributed by atoms with van der Waals surface area (Å²) in [5, 5.41) is 17.0. The standard InChI is InChI=1S/C23H24N4O3/c28-21(15-27-22(29)19-8-2-1-5-16(19)11-25-27)26-13-17-6-3-9-23(30,20(17)14-26)18-7-4-10-24-12-18/h1-2,4-5,7-8,10-12,17,20,30H,3,6,9,13-15H2/t17-,20-,23-/m0/s1. The molecule has 1 aromatic carbocycles. The molecule has 3 atom stereocenters. The number of carbonyl (C=O) groups excluding carboxylic acids is 1. The van der Waals surface area contributed by atoms with Gasteiger partial charge in [-0.2, -0.15) is 5.10 Å². The Morgan fingerprint density at radius 2 is 2.03 bits per heavy atom. The molecular formula is C23H24N4O3. The monoisotopic (exact) mass is 404 g/mol. The minimum atomic E-state index is -0.968. The average molecular weight is 404 g/mol. The Labute approximate surface area is 174 Å². The number of rotatable bonds is 3. The highest BCUT2D eigenvalue weighted by molar-refractivity contribution is 5.81. The molecule has 154 valence electrons. The van der Waals surface area contributed by atoms with Gasteiger partial charge in [0, 0.05) is 42.4 Å². The van der Waals surface area contributed by atoms with E-state index in [4.69, 9.17) is 0 Å². The Morgan fingerprint density at radius 3 is 2.87 bits per heavy atom. The Hall–Kier alpha value is -3.06. The lowest BCUT2D eigenvalue weighted by molar-refractivity contribution is -0.131. The second-order valence-corrected chi connectivity index (χ2v) is 8.42. The lowest BCUT2D eigenvalue weighted by Crippen LogP contribution is -2.43. The third kappa shape index (κ3) is 3.10. The molecule has 30 heavy (non-hydrogen) atoms. The topological polar surface area (TPSA) is 88.3 Å². The fourth-order valence-corrected chi connectivity index (χ4v) is 5.17. The van der Waals surface area contributed by atoms with Crippen LogP contribution >= 0.6 is 0 Å². The molecule has 1 saturated carbocycles. The number of hydrogen-bond donors (Lipinski definition) is 1. The van der Waals surface area contributed by atoms with E-state index < -0.39 is 5.60 Å². The predicted molar refractivity (Wildman–Crippen MR) is 112 cm³/mol. The van der Waals surface area contributed by atoms with Gasteiger partial charge in [-0.1, -0.05) is 24.3 Å². The summed E-state index contributed by atoms with van der Waals surface area (Å²) < 4.78 is 1.24. The SMILES string of the molecule is O=C(Cn1ncc2ccccc2c1=O)N1C[C@@H]2CCC[C@](O)(c3cccnc3)[C@H]2C1. The lowest BCUT2D eigenvalue weighted by Gasteiger charge is -2.41. The van der Waals surface area contributed by atoms with Gasteiger partial charge in [0.05, 0.1) is 17.2 Å². The van der Waals surface area contributed by atoms with Gasteiger partial charge in [0.2, 0.25) is 5.91 Å². The molecule has 0 radical (unpaired) electrons. The van der Waals surface area contributed by atoms with E-state index in [1.165, 1.54) is 4.68 Å². The van der Waals surface area contributed by atoms with Crippen LogP contribution in [0.2, 0.25) is 0 Å². The molecule has 1 amide bonds. The average Bonchev–Trinajstić information content (AvgIpc) is 3.23. The van der Waals surface area contributed by atoms with Crippen molar-refractivity contribution in [2.45, 2.75) is 31.4 Å². The van der Waals surface area contributed by atoms with Crippen molar-refractivity contribution in [3.63, 3.8) is 0 Å². The van der Waals surface area contributed by atoms with Gasteiger partial charge < -0.3 is 10.0 Å². The van der Waals surface area contributed by atoms with E-state index in [-0.39, 0.29) is 29.8 Å². The zero-order chi connectivity index (χ0) is 20.7. The highest BCUT2D eigenvalue weighted by Gasteiger charge is 2.50. The molecule has 7 heteroatoms. The van der Waals surface area contributed by atoms with E-state index >= 15 is 0 Å². The number of aliphatic hydroxyl groups is 1. The van der Waals surface area contributed by atoms with E-state index in [2.05, 4.69) is 10.1 Å². The number of amides is 1. The van der Waals surface area contributed by atoms with Crippen LogP contribution in [0.3, 0.4) is 0 Å². The fourth-order valence-electron chi connectivity index (χ4n) is 5.17. The molecular weight excluding hydrogens is 380 g/mol. The predicted octanol–water partition coefficient (Wildman–Crippen LogP) is 1.94. The van der Waals surface area contributed by atoms with Crippen LogP contribution in [0.15, 0.2) is 59.8 Å². The molecule has 7 nitrogen and oxygen atoms in total. The fraction of sp³-hybridized carbons (Fsp3) is 0.391. The van der Waals surface area contributed by atoms with Gasteiger partial charge in [0.1, 0.15) is 6.54 Å². The number of aromatic nitrogens is 3. The Morgan fingerprint density at radius 1 is 1.17 bits per heavy atom. The van der Waals surface area contributed by atoms with E-state index in [1.807, 2.05) is 24.3 Å². The third-order valence-electron chi connectivity index (χ3n) is 6.75. The van der Waals surface area contributed by atoms with Crippen LogP contribution in [0.1, 0.15) is 24.8 Å². The molecule has 3 aromatic rings. The molecule has 1 aliphatic carbocycles. The number of likely N-dealkylation sites (tertiary alicyclic amines) is 1. The minimum absolute atomic E-state index is 0.0271. The highest BCUT2D eigenvalue weighted by atomic mass is 16.3. The van der Waals surface area contributed by atoms with Crippen molar-refractivity contribution in [2.24, 2.45) is 11.8 Å². The van der Waals surface area contributed by atoms with Crippen molar-refractivity contribution in [3.8, 4) is 0 Å². The van der Waals surface area contributed by atoms with Crippen molar-refractivity contribution < 1.29 is 9.90 Å². The van der Waals surface area contributed by atoms with Gasteiger partial charge in [0.25, 0.3) is 5.56 Å². The van der Waals surface area contributed by atoms with Crippen LogP contribution in [0.4, 0.5) is 0 Å². The normalized spacial score (nSPS) is 26.0. The Kier molecular flexibility index (Phi) is 4.62. The van der Waals surface area contributed by atoms with Gasteiger partial charge in [-0.25, -0.2) is 4.68 Å². The molecule has 2 aromatic heterocycles. The summed E-state index contributed by atoms with van der Waals surface area (Å²) in [7, 11) is 0. The molecule has 0 unspecified atom stereocenters. The first-order valence-corrected chi connectivity index (χ1v) is 10.4. The van der Waals surface area contributed by atoms with E-state index in [0.717, 1.165) is 23.8 Å². The van der Waals surface area contributed by atoms with Crippen molar-refractivity contribution in [1.82, 2.24) is 19.7 Å². The Bertz CT molecular complexity index is 1150. The van der Waals surface area contributed by atoms with Crippen LogP contribution in [0.5, 0.6) is 0 Å². The lowest BCUT2D eigenvalue weighted by atomic mass is 9.68. The maximum Gasteiger partial charge on any atom is 0.275 e. The second-order valence-electron chi connectivity index (χ2n) is 8.42. The van der Waals surface area contributed by atoms with Crippen molar-refractivity contribution in [2.75, 3.05) is 13.1 Å². The molecule has 5 rings (SSSR count). The quantitative estimate of drug-likeness (QED) is 0.721. The van der Waals surface area contributed by atoms with Crippen LogP contribution in [0, 0.1) is 11.8 Å². The van der Waals surface area contributed by atoms with Crippen LogP contribution in [-0.2, 0) is 16.9 Å². The van der Waals surface area contributed by atoms with Gasteiger partial charge in [-0.15, -0.1) is 0 Å². The van der Waals surface area contributed by atoms with Crippen LogP contribution in [0.25, 0.3) is 10.8 Å². The van der Waals surface area contributed by atoms with Crippen LogP contribution < -0.4 is 5.56 Å². The molecule has 1 aliphatic heterocycles. The van der Waals surface area contributed by atoms with Crippen LogP contribution in [-0.4, -0.2) is 43.8 Å². The summed E-state index contributed by atoms with van der Waals surface area (Å²) >= 11 is 0. The highest BCUT2D eigenvalue weighted by Crippen LogP contribution is 2.48. The minimum Gasteiger partial charge on any atom is -0.385 e. The smallest absolute Gasteiger partial charge is 0.275 e. The van der Waals surface area contributed by atoms with Gasteiger partial charge in [0.15, 0.2) is 0 Å². The first-order valence-electron chi connectivity index (χ1n) is 10.4. The summed E-state index contributed by atoms with van der Waals surface area (Å²) in [4.78, 5) is 31.7. The van der Waals surface area contributed by atoms with Gasteiger partial charge in [-0.3, -0.25) is 14.6 Å². The molecule has 2 fully saturated rings. The molecule has 0 spiro atoms. The maximum absolute atomic E-state index is 13.0. The molecule has 2 aliphatic rings. The zero-order valence-electron chi connectivity index (χ0n) is 16.6. The summed E-state index contributed by atoms with van der Waals surface area (Å²) in [6, 6.07) is 11.0. The molecule has 3 heterocycles. The summed E-state index contributed by atoms with van der Waals surface area (Å²) in [6.45, 7) is 1.00. The first kappa shape index (κ1) is 18.9. The number of benzene rings is 1. The number of carbonyl (C=O) groups is 1. The van der Waals surface area contributed by atoms with E-state index in [0.29, 0.717) is 24.9 Å². The summed E-state index contributed by atoms with van der Waals surface area (Å²) in [5.41, 5.74) is -0.407. The number of hydrogen-bond acceptors (Lipinski definition) is 5. The van der Waals surface area contributed by atoms with Gasteiger partial charge in [-0.05, 0) is 37.3 Å². The maximum atomic E-state index is 13.0. The first-order chi connectivity index (χ1) is 14.6. The third-order valence-corrected chi connectivity index (χ3v) is 6.75. The number of nitrogens with zero attached hydrogens (tertiary/aromatic N) is 4. The largest absolute Gasteiger partial charge is 0.385 e. The van der Waals surface area contributed by atoms with E-state index in [9.17, 15) is 14.7 Å². The Balaban J connectivity index is 1.37. The van der Waals surface area contributed by atoms with Crippen molar-refractivity contribution >= 4 is 16.7 Å². The summed E-state index contributed by atoms with van der Waals surface area (Å²) in [5.74, 6) is 0.0812. The molecule has 0 bridgehead atoms. The second kappa shape index (κ2) is 7.32. The summed E-state index contributed by atoms with van der Waals surface area (Å²) in [6.07, 6.45) is 7.63. The number of pyridine rings is 1. The van der Waals surface area contributed by atoms with Crippen molar-refractivity contribution in [1.29, 1.82) is 0 Å². The van der Waals surface area contributed by atoms with Gasteiger partial charge >= 0.3 is 0 Å².